The van der Waals surface area contributed by atoms with Crippen LogP contribution in [0.4, 0.5) is 4.79 Å². The number of Topliss-reactive ketones (excluding diaryl/α,β-unsaturated/α-hetero) is 1. The van der Waals surface area contributed by atoms with Crippen molar-refractivity contribution in [3.05, 3.63) is 29.8 Å². The fourth-order valence-corrected chi connectivity index (χ4v) is 1.48. The van der Waals surface area contributed by atoms with Crippen molar-refractivity contribution in [3.63, 3.8) is 0 Å². The van der Waals surface area contributed by atoms with Crippen LogP contribution < -0.4 is 10.1 Å². The minimum atomic E-state index is -1.20. The number of carbonyl (C=O) groups is 2. The molecule has 17 heavy (non-hydrogen) atoms. The minimum Gasteiger partial charge on any atom is -0.497 e. The minimum absolute atomic E-state index is 0.256. The Morgan fingerprint density at radius 3 is 2.71 bits per heavy atom. The second-order valence-electron chi connectivity index (χ2n) is 3.51. The largest absolute Gasteiger partial charge is 0.497 e. The summed E-state index contributed by atoms with van der Waals surface area (Å²) in [5.41, 5.74) is 0.435. The molecule has 5 heteroatoms. The predicted octanol–water partition coefficient (Wildman–Crippen LogP) is 1.92. The average Bonchev–Trinajstić information content (AvgIpc) is 2.35. The number of carboxylic acid groups (broad SMARTS) is 1. The van der Waals surface area contributed by atoms with Crippen LogP contribution in [0.3, 0.4) is 0 Å². The highest BCUT2D eigenvalue weighted by atomic mass is 16.5. The van der Waals surface area contributed by atoms with Gasteiger partial charge in [0.05, 0.1) is 13.2 Å². The Bertz CT molecular complexity index is 417. The molecule has 0 unspecified atom stereocenters. The standard InChI is InChI=1S/C12H15NO4/c1-3-10(13-12(15)16)11(14)8-5-4-6-9(7-8)17-2/h4-7,10,13H,3H2,1-2H3,(H,15,16)/t10-/m0/s1. The van der Waals surface area contributed by atoms with Gasteiger partial charge >= 0.3 is 6.09 Å². The molecule has 1 rings (SSSR count). The van der Waals surface area contributed by atoms with Crippen molar-refractivity contribution < 1.29 is 19.4 Å². The summed E-state index contributed by atoms with van der Waals surface area (Å²) in [5.74, 6) is 0.315. The molecule has 0 saturated carbocycles. The highest BCUT2D eigenvalue weighted by molar-refractivity contribution is 6.01. The summed E-state index contributed by atoms with van der Waals surface area (Å²) in [6.45, 7) is 1.75. The lowest BCUT2D eigenvalue weighted by Crippen LogP contribution is -2.39. The molecule has 0 aliphatic carbocycles. The van der Waals surface area contributed by atoms with Crippen LogP contribution in [0.1, 0.15) is 23.7 Å². The summed E-state index contributed by atoms with van der Waals surface area (Å²) in [7, 11) is 1.51. The van der Waals surface area contributed by atoms with Crippen LogP contribution in [0, 0.1) is 0 Å². The number of methoxy groups -OCH3 is 1. The number of hydrogen-bond donors (Lipinski definition) is 2. The van der Waals surface area contributed by atoms with Crippen molar-refractivity contribution in [2.24, 2.45) is 0 Å². The maximum atomic E-state index is 12.0. The molecule has 0 aliphatic rings. The third-order valence-corrected chi connectivity index (χ3v) is 2.38. The number of rotatable bonds is 5. The first-order valence-electron chi connectivity index (χ1n) is 5.26. The van der Waals surface area contributed by atoms with Gasteiger partial charge in [-0.15, -0.1) is 0 Å². The molecule has 0 radical (unpaired) electrons. The Morgan fingerprint density at radius 2 is 2.18 bits per heavy atom. The van der Waals surface area contributed by atoms with Crippen molar-refractivity contribution in [2.75, 3.05) is 7.11 Å². The molecule has 0 bridgehead atoms. The molecule has 5 nitrogen and oxygen atoms in total. The number of benzene rings is 1. The van der Waals surface area contributed by atoms with Crippen LogP contribution in [0.2, 0.25) is 0 Å². The third kappa shape index (κ3) is 3.48. The first kappa shape index (κ1) is 13.0. The fourth-order valence-electron chi connectivity index (χ4n) is 1.48. The second kappa shape index (κ2) is 5.89. The van der Waals surface area contributed by atoms with Crippen LogP contribution in [0.5, 0.6) is 5.75 Å². The van der Waals surface area contributed by atoms with E-state index in [-0.39, 0.29) is 5.78 Å². The SMILES string of the molecule is CC[C@H](NC(=O)O)C(=O)c1cccc(OC)c1. The smallest absolute Gasteiger partial charge is 0.405 e. The summed E-state index contributed by atoms with van der Waals surface area (Å²) >= 11 is 0. The molecule has 2 N–H and O–H groups in total. The summed E-state index contributed by atoms with van der Waals surface area (Å²) < 4.78 is 5.01. The van der Waals surface area contributed by atoms with Gasteiger partial charge in [-0.3, -0.25) is 4.79 Å². The Labute approximate surface area is 99.4 Å². The van der Waals surface area contributed by atoms with Crippen LogP contribution in [0.15, 0.2) is 24.3 Å². The molecule has 1 atom stereocenters. The van der Waals surface area contributed by atoms with Gasteiger partial charge in [-0.25, -0.2) is 4.79 Å². The van der Waals surface area contributed by atoms with E-state index in [0.29, 0.717) is 17.7 Å². The van der Waals surface area contributed by atoms with E-state index in [1.165, 1.54) is 7.11 Å². The van der Waals surface area contributed by atoms with Gasteiger partial charge in [0, 0.05) is 5.56 Å². The summed E-state index contributed by atoms with van der Waals surface area (Å²) in [6, 6.07) is 5.92. The zero-order valence-electron chi connectivity index (χ0n) is 9.77. The van der Waals surface area contributed by atoms with Gasteiger partial charge in [-0.05, 0) is 18.6 Å². The number of carbonyl (C=O) groups excluding carboxylic acids is 1. The lowest BCUT2D eigenvalue weighted by atomic mass is 10.0. The Morgan fingerprint density at radius 1 is 1.47 bits per heavy atom. The van der Waals surface area contributed by atoms with Crippen molar-refractivity contribution in [2.45, 2.75) is 19.4 Å². The third-order valence-electron chi connectivity index (χ3n) is 2.38. The van der Waals surface area contributed by atoms with Crippen LogP contribution in [-0.4, -0.2) is 30.1 Å². The van der Waals surface area contributed by atoms with E-state index >= 15 is 0 Å². The lowest BCUT2D eigenvalue weighted by Gasteiger charge is -2.13. The van der Waals surface area contributed by atoms with Crippen LogP contribution in [-0.2, 0) is 0 Å². The van der Waals surface area contributed by atoms with E-state index in [4.69, 9.17) is 9.84 Å². The second-order valence-corrected chi connectivity index (χ2v) is 3.51. The quantitative estimate of drug-likeness (QED) is 0.767. The molecular formula is C12H15NO4. The van der Waals surface area contributed by atoms with Gasteiger partial charge in [0.2, 0.25) is 0 Å². The summed E-state index contributed by atoms with van der Waals surface area (Å²) in [5, 5.41) is 10.8. The highest BCUT2D eigenvalue weighted by Crippen LogP contribution is 2.14. The fraction of sp³-hybridized carbons (Fsp3) is 0.333. The van der Waals surface area contributed by atoms with Gasteiger partial charge in [0.1, 0.15) is 5.75 Å². The number of ketones is 1. The van der Waals surface area contributed by atoms with Crippen molar-refractivity contribution >= 4 is 11.9 Å². The monoisotopic (exact) mass is 237 g/mol. The molecule has 1 aromatic carbocycles. The molecule has 0 aromatic heterocycles. The Hall–Kier alpha value is -2.04. The molecule has 0 aliphatic heterocycles. The van der Waals surface area contributed by atoms with Crippen LogP contribution >= 0.6 is 0 Å². The molecular weight excluding hydrogens is 222 g/mol. The molecule has 0 spiro atoms. The zero-order chi connectivity index (χ0) is 12.8. The summed E-state index contributed by atoms with van der Waals surface area (Å²) in [4.78, 5) is 22.5. The van der Waals surface area contributed by atoms with Gasteiger partial charge in [0.15, 0.2) is 5.78 Å². The topological polar surface area (TPSA) is 75.6 Å². The van der Waals surface area contributed by atoms with Crippen molar-refractivity contribution in [3.8, 4) is 5.75 Å². The average molecular weight is 237 g/mol. The van der Waals surface area contributed by atoms with E-state index < -0.39 is 12.1 Å². The predicted molar refractivity (Wildman–Crippen MR) is 62.6 cm³/mol. The molecule has 0 fully saturated rings. The van der Waals surface area contributed by atoms with Gasteiger partial charge in [0.25, 0.3) is 0 Å². The maximum absolute atomic E-state index is 12.0. The Kier molecular flexibility index (Phi) is 4.51. The lowest BCUT2D eigenvalue weighted by molar-refractivity contribution is 0.0934. The Balaban J connectivity index is 2.89. The summed E-state index contributed by atoms with van der Waals surface area (Å²) in [6.07, 6.45) is -0.796. The first-order valence-corrected chi connectivity index (χ1v) is 5.26. The number of amides is 1. The van der Waals surface area contributed by atoms with E-state index in [0.717, 1.165) is 0 Å². The molecule has 0 saturated heterocycles. The molecule has 92 valence electrons. The number of nitrogens with one attached hydrogen (secondary N) is 1. The van der Waals surface area contributed by atoms with Gasteiger partial charge in [-0.2, -0.15) is 0 Å². The zero-order valence-corrected chi connectivity index (χ0v) is 9.77. The maximum Gasteiger partial charge on any atom is 0.405 e. The van der Waals surface area contributed by atoms with Gasteiger partial charge < -0.3 is 15.2 Å². The molecule has 1 aromatic rings. The van der Waals surface area contributed by atoms with E-state index in [9.17, 15) is 9.59 Å². The normalized spacial score (nSPS) is 11.6. The first-order chi connectivity index (χ1) is 8.08. The van der Waals surface area contributed by atoms with Crippen molar-refractivity contribution in [1.29, 1.82) is 0 Å². The number of hydrogen-bond acceptors (Lipinski definition) is 3. The van der Waals surface area contributed by atoms with Crippen LogP contribution in [0.25, 0.3) is 0 Å². The van der Waals surface area contributed by atoms with E-state index in [2.05, 4.69) is 5.32 Å². The van der Waals surface area contributed by atoms with E-state index in [1.54, 1.807) is 31.2 Å². The number of ether oxygens (including phenoxy) is 1. The van der Waals surface area contributed by atoms with E-state index in [1.807, 2.05) is 0 Å². The van der Waals surface area contributed by atoms with Gasteiger partial charge in [-0.1, -0.05) is 19.1 Å². The van der Waals surface area contributed by atoms with Crippen molar-refractivity contribution in [1.82, 2.24) is 5.32 Å². The highest BCUT2D eigenvalue weighted by Gasteiger charge is 2.20. The molecule has 0 heterocycles. The molecule has 1 amide bonds.